The van der Waals surface area contributed by atoms with Crippen LogP contribution < -0.4 is 16.0 Å². The van der Waals surface area contributed by atoms with E-state index < -0.39 is 9.84 Å². The second-order valence-electron chi connectivity index (χ2n) is 9.60. The molecule has 0 radical (unpaired) electrons. The maximum Gasteiger partial charge on any atom is 0.227 e. The molecule has 5 aromatic rings. The van der Waals surface area contributed by atoms with Gasteiger partial charge in [-0.15, -0.1) is 12.4 Å². The van der Waals surface area contributed by atoms with E-state index in [0.717, 1.165) is 45.2 Å². The van der Waals surface area contributed by atoms with Gasteiger partial charge in [-0.2, -0.15) is 0 Å². The van der Waals surface area contributed by atoms with Gasteiger partial charge in [0.15, 0.2) is 9.84 Å². The van der Waals surface area contributed by atoms with Crippen molar-refractivity contribution in [1.82, 2.24) is 19.5 Å². The van der Waals surface area contributed by atoms with Gasteiger partial charge in [-0.05, 0) is 48.4 Å². The fourth-order valence-electron chi connectivity index (χ4n) is 4.45. The number of halogens is 1. The van der Waals surface area contributed by atoms with Crippen LogP contribution in [0.4, 0.5) is 23.3 Å². The zero-order chi connectivity index (χ0) is 27.6. The lowest BCUT2D eigenvalue weighted by atomic mass is 10.1. The van der Waals surface area contributed by atoms with Crippen molar-refractivity contribution in [2.45, 2.75) is 19.2 Å². The predicted molar refractivity (Wildman–Crippen MR) is 165 cm³/mol. The third kappa shape index (κ3) is 6.52. The van der Waals surface area contributed by atoms with E-state index >= 15 is 0 Å². The molecule has 0 amide bonds. The molecule has 208 valence electrons. The van der Waals surface area contributed by atoms with Crippen molar-refractivity contribution in [3.05, 3.63) is 89.6 Å². The van der Waals surface area contributed by atoms with Crippen LogP contribution in [0.3, 0.4) is 0 Å². The molecule has 3 N–H and O–H groups in total. The Hall–Kier alpha value is -4.15. The van der Waals surface area contributed by atoms with E-state index in [9.17, 15) is 8.42 Å². The Morgan fingerprint density at radius 1 is 0.900 bits per heavy atom. The molecular weight excluding hydrogens is 546 g/mol. The highest BCUT2D eigenvalue weighted by Gasteiger charge is 2.18. The number of nitrogens with one attached hydrogen (secondary N) is 3. The van der Waals surface area contributed by atoms with Crippen molar-refractivity contribution in [2.75, 3.05) is 29.3 Å². The molecule has 0 aliphatic heterocycles. The molecule has 9 nitrogen and oxygen atoms in total. The zero-order valence-electron chi connectivity index (χ0n) is 22.8. The number of rotatable bonds is 9. The predicted octanol–water partition coefficient (Wildman–Crippen LogP) is 5.70. The summed E-state index contributed by atoms with van der Waals surface area (Å²) >= 11 is 0. The molecule has 0 unspecified atom stereocenters. The largest absolute Gasteiger partial charge is 0.388 e. The van der Waals surface area contributed by atoms with Gasteiger partial charge in [0, 0.05) is 44.5 Å². The van der Waals surface area contributed by atoms with Crippen molar-refractivity contribution in [1.29, 1.82) is 0 Å². The number of anilines is 4. The molecule has 11 heteroatoms. The fourth-order valence-corrected chi connectivity index (χ4v) is 5.24. The number of aryl methyl sites for hydroxylation is 2. The van der Waals surface area contributed by atoms with E-state index in [1.54, 1.807) is 18.3 Å². The standard InChI is InChI=1S/C29H31N7O2S.ClH/c1-19-5-7-20(8-6-19)17-32-29-35-27-25(36(29)3)14-13-23(30-2)26(27)24-15-16-31-28(34-24)33-22-11-9-21(10-12-22)18-39(4,37)38;/h5-16,30H,17-18H2,1-4H3,(H,32,35)(H,31,33,34);1H. The van der Waals surface area contributed by atoms with Crippen molar-refractivity contribution in [3.63, 3.8) is 0 Å². The highest BCUT2D eigenvalue weighted by Crippen LogP contribution is 2.35. The maximum absolute atomic E-state index is 11.6. The van der Waals surface area contributed by atoms with Crippen LogP contribution in [0.15, 0.2) is 72.9 Å². The molecule has 40 heavy (non-hydrogen) atoms. The minimum Gasteiger partial charge on any atom is -0.388 e. The zero-order valence-corrected chi connectivity index (χ0v) is 24.4. The van der Waals surface area contributed by atoms with Crippen LogP contribution in [0.2, 0.25) is 0 Å². The second kappa shape index (κ2) is 11.9. The smallest absolute Gasteiger partial charge is 0.227 e. The molecule has 3 aromatic carbocycles. The van der Waals surface area contributed by atoms with Gasteiger partial charge in [0.05, 0.1) is 22.5 Å². The van der Waals surface area contributed by atoms with Crippen LogP contribution in [-0.2, 0) is 29.2 Å². The molecule has 0 atom stereocenters. The Morgan fingerprint density at radius 2 is 1.60 bits per heavy atom. The van der Waals surface area contributed by atoms with Crippen molar-refractivity contribution in [3.8, 4) is 11.3 Å². The monoisotopic (exact) mass is 577 g/mol. The molecule has 2 heterocycles. The summed E-state index contributed by atoms with van der Waals surface area (Å²) in [5.74, 6) is 1.19. The first-order valence-electron chi connectivity index (χ1n) is 12.5. The Morgan fingerprint density at radius 3 is 2.27 bits per heavy atom. The maximum atomic E-state index is 11.6. The lowest BCUT2D eigenvalue weighted by Gasteiger charge is -2.11. The number of hydrogen-bond donors (Lipinski definition) is 3. The average molecular weight is 578 g/mol. The Labute approximate surface area is 240 Å². The Bertz CT molecular complexity index is 1740. The van der Waals surface area contributed by atoms with Crippen molar-refractivity contribution in [2.24, 2.45) is 7.05 Å². The summed E-state index contributed by atoms with van der Waals surface area (Å²) < 4.78 is 25.2. The average Bonchev–Trinajstić information content (AvgIpc) is 3.23. The van der Waals surface area contributed by atoms with Gasteiger partial charge in [-0.25, -0.2) is 23.4 Å². The summed E-state index contributed by atoms with van der Waals surface area (Å²) in [4.78, 5) is 14.1. The van der Waals surface area contributed by atoms with Crippen LogP contribution in [0.5, 0.6) is 0 Å². The van der Waals surface area contributed by atoms with Crippen LogP contribution in [-0.4, -0.2) is 41.2 Å². The number of imidazole rings is 1. The van der Waals surface area contributed by atoms with Crippen LogP contribution in [0, 0.1) is 6.92 Å². The summed E-state index contributed by atoms with van der Waals surface area (Å²) in [6.45, 7) is 2.74. The van der Waals surface area contributed by atoms with Crippen LogP contribution in [0.1, 0.15) is 16.7 Å². The van der Waals surface area contributed by atoms with Gasteiger partial charge in [-0.1, -0.05) is 42.0 Å². The van der Waals surface area contributed by atoms with E-state index in [1.807, 2.05) is 49.0 Å². The molecule has 2 aromatic heterocycles. The highest BCUT2D eigenvalue weighted by molar-refractivity contribution is 7.89. The van der Waals surface area contributed by atoms with Gasteiger partial charge in [-0.3, -0.25) is 0 Å². The van der Waals surface area contributed by atoms with Crippen LogP contribution in [0.25, 0.3) is 22.3 Å². The van der Waals surface area contributed by atoms with E-state index in [0.29, 0.717) is 12.5 Å². The molecule has 0 aliphatic rings. The first-order chi connectivity index (χ1) is 18.7. The topological polar surface area (TPSA) is 114 Å². The number of sulfone groups is 1. The minimum atomic E-state index is -3.09. The number of hydrogen-bond acceptors (Lipinski definition) is 8. The van der Waals surface area contributed by atoms with Crippen LogP contribution >= 0.6 is 12.4 Å². The molecule has 0 bridgehead atoms. The molecule has 5 rings (SSSR count). The first kappa shape index (κ1) is 28.8. The molecule has 0 saturated carbocycles. The molecule has 0 aliphatic carbocycles. The lowest BCUT2D eigenvalue weighted by molar-refractivity contribution is 0.601. The summed E-state index contributed by atoms with van der Waals surface area (Å²) in [6, 6.07) is 21.6. The van der Waals surface area contributed by atoms with E-state index in [1.165, 1.54) is 17.4 Å². The van der Waals surface area contributed by atoms with Gasteiger partial charge in [0.1, 0.15) is 5.52 Å². The highest BCUT2D eigenvalue weighted by atomic mass is 35.5. The van der Waals surface area contributed by atoms with Crippen molar-refractivity contribution < 1.29 is 8.42 Å². The normalized spacial score (nSPS) is 11.2. The molecule has 0 spiro atoms. The van der Waals surface area contributed by atoms with Gasteiger partial charge < -0.3 is 20.5 Å². The summed E-state index contributed by atoms with van der Waals surface area (Å²) in [7, 11) is 0.780. The second-order valence-corrected chi connectivity index (χ2v) is 11.7. The Kier molecular flexibility index (Phi) is 8.61. The van der Waals surface area contributed by atoms with Gasteiger partial charge in [0.25, 0.3) is 0 Å². The Balaban J connectivity index is 0.00000370. The molecular formula is C29H32ClN7O2S. The third-order valence-corrected chi connectivity index (χ3v) is 7.30. The summed E-state index contributed by atoms with van der Waals surface area (Å²) in [5.41, 5.74) is 8.20. The lowest BCUT2D eigenvalue weighted by Crippen LogP contribution is -2.04. The van der Waals surface area contributed by atoms with E-state index in [-0.39, 0.29) is 18.2 Å². The molecule has 0 fully saturated rings. The van der Waals surface area contributed by atoms with Gasteiger partial charge in [0.2, 0.25) is 11.9 Å². The number of aromatic nitrogens is 4. The fraction of sp³-hybridized carbons (Fsp3) is 0.207. The third-order valence-electron chi connectivity index (χ3n) is 6.44. The van der Waals surface area contributed by atoms with Gasteiger partial charge >= 0.3 is 0 Å². The number of nitrogens with zero attached hydrogens (tertiary/aromatic N) is 4. The minimum absolute atomic E-state index is 0. The quantitative estimate of drug-likeness (QED) is 0.204. The number of fused-ring (bicyclic) bond motifs is 1. The van der Waals surface area contributed by atoms with E-state index in [2.05, 4.69) is 52.1 Å². The summed E-state index contributed by atoms with van der Waals surface area (Å²) in [5, 5.41) is 9.96. The SMILES string of the molecule is CNc1ccc2c(nc(NCc3ccc(C)cc3)n2C)c1-c1ccnc(Nc2ccc(CS(C)(=O)=O)cc2)n1.Cl. The van der Waals surface area contributed by atoms with E-state index in [4.69, 9.17) is 9.97 Å². The van der Waals surface area contributed by atoms with Crippen molar-refractivity contribution >= 4 is 56.5 Å². The molecule has 0 saturated heterocycles. The summed E-state index contributed by atoms with van der Waals surface area (Å²) in [6.07, 6.45) is 2.93. The number of benzene rings is 3. The first-order valence-corrected chi connectivity index (χ1v) is 14.6.